The summed E-state index contributed by atoms with van der Waals surface area (Å²) in [7, 11) is 1.45. The van der Waals surface area contributed by atoms with Crippen LogP contribution < -0.4 is 4.74 Å². The fourth-order valence-electron chi connectivity index (χ4n) is 2.30. The Kier molecular flexibility index (Phi) is 4.78. The lowest BCUT2D eigenvalue weighted by Crippen LogP contribution is -2.10. The highest BCUT2D eigenvalue weighted by molar-refractivity contribution is 6.31. The Hall–Kier alpha value is -2.74. The van der Waals surface area contributed by atoms with Crippen LogP contribution in [0.5, 0.6) is 5.88 Å². The topological polar surface area (TPSA) is 47.9 Å². The SMILES string of the molecule is COc1ccc(-c2ccnc(-c3c(C(F)(F)F)ccc(Cl)c3F)n2)cn1. The van der Waals surface area contributed by atoms with Gasteiger partial charge in [0.15, 0.2) is 11.6 Å². The maximum atomic E-state index is 14.4. The minimum Gasteiger partial charge on any atom is -0.481 e. The number of hydrogen-bond donors (Lipinski definition) is 0. The van der Waals surface area contributed by atoms with Crippen molar-refractivity contribution in [1.29, 1.82) is 0 Å². The van der Waals surface area contributed by atoms with Crippen molar-refractivity contribution in [2.24, 2.45) is 0 Å². The second kappa shape index (κ2) is 6.87. The zero-order chi connectivity index (χ0) is 18.9. The molecule has 0 aliphatic rings. The molecule has 0 aliphatic heterocycles. The van der Waals surface area contributed by atoms with E-state index in [0.29, 0.717) is 17.5 Å². The van der Waals surface area contributed by atoms with Crippen molar-refractivity contribution in [3.8, 4) is 28.5 Å². The number of hydrogen-bond acceptors (Lipinski definition) is 4. The summed E-state index contributed by atoms with van der Waals surface area (Å²) in [5.41, 5.74) is -1.22. The second-order valence-electron chi connectivity index (χ2n) is 5.14. The summed E-state index contributed by atoms with van der Waals surface area (Å²) >= 11 is 5.65. The fourth-order valence-corrected chi connectivity index (χ4v) is 2.46. The van der Waals surface area contributed by atoms with Crippen molar-refractivity contribution < 1.29 is 22.3 Å². The van der Waals surface area contributed by atoms with E-state index >= 15 is 0 Å². The maximum absolute atomic E-state index is 14.4. The first-order valence-electron chi connectivity index (χ1n) is 7.20. The quantitative estimate of drug-likeness (QED) is 0.595. The number of methoxy groups -OCH3 is 1. The molecule has 0 unspecified atom stereocenters. The second-order valence-corrected chi connectivity index (χ2v) is 5.54. The molecule has 26 heavy (non-hydrogen) atoms. The Morgan fingerprint density at radius 2 is 1.81 bits per heavy atom. The van der Waals surface area contributed by atoms with Crippen LogP contribution in [0, 0.1) is 5.82 Å². The first-order chi connectivity index (χ1) is 12.3. The Labute approximate surface area is 150 Å². The maximum Gasteiger partial charge on any atom is 0.417 e. The Bertz CT molecular complexity index is 946. The molecule has 0 atom stereocenters. The van der Waals surface area contributed by atoms with Crippen LogP contribution in [0.3, 0.4) is 0 Å². The molecule has 0 fully saturated rings. The van der Waals surface area contributed by atoms with Crippen molar-refractivity contribution in [3.05, 3.63) is 59.1 Å². The lowest BCUT2D eigenvalue weighted by Gasteiger charge is -2.14. The molecule has 134 valence electrons. The molecule has 1 aromatic carbocycles. The molecule has 0 amide bonds. The molecule has 0 bridgehead atoms. The first-order valence-corrected chi connectivity index (χ1v) is 7.58. The van der Waals surface area contributed by atoms with Gasteiger partial charge >= 0.3 is 6.18 Å². The van der Waals surface area contributed by atoms with E-state index in [1.54, 1.807) is 12.1 Å². The largest absolute Gasteiger partial charge is 0.481 e. The van der Waals surface area contributed by atoms with Gasteiger partial charge in [0, 0.05) is 24.0 Å². The minimum atomic E-state index is -4.79. The number of alkyl halides is 3. The number of benzene rings is 1. The zero-order valence-corrected chi connectivity index (χ0v) is 13.9. The van der Waals surface area contributed by atoms with Crippen LogP contribution >= 0.6 is 11.6 Å². The molecule has 0 aliphatic carbocycles. The predicted molar refractivity (Wildman–Crippen MR) is 87.2 cm³/mol. The van der Waals surface area contributed by atoms with Crippen LogP contribution in [-0.4, -0.2) is 22.1 Å². The van der Waals surface area contributed by atoms with E-state index in [-0.39, 0.29) is 5.69 Å². The van der Waals surface area contributed by atoms with Gasteiger partial charge in [-0.15, -0.1) is 0 Å². The summed E-state index contributed by atoms with van der Waals surface area (Å²) in [6.45, 7) is 0. The number of rotatable bonds is 3. The van der Waals surface area contributed by atoms with Crippen LogP contribution in [0.4, 0.5) is 17.6 Å². The van der Waals surface area contributed by atoms with Crippen molar-refractivity contribution in [1.82, 2.24) is 15.0 Å². The van der Waals surface area contributed by atoms with Gasteiger partial charge in [0.2, 0.25) is 5.88 Å². The average Bonchev–Trinajstić information content (AvgIpc) is 2.63. The van der Waals surface area contributed by atoms with E-state index in [2.05, 4.69) is 15.0 Å². The van der Waals surface area contributed by atoms with Gasteiger partial charge in [-0.05, 0) is 24.3 Å². The third-order valence-electron chi connectivity index (χ3n) is 3.52. The summed E-state index contributed by atoms with van der Waals surface area (Å²) in [5.74, 6) is -1.29. The van der Waals surface area contributed by atoms with Crippen LogP contribution in [0.15, 0.2) is 42.7 Å². The Morgan fingerprint density at radius 1 is 1.04 bits per heavy atom. The number of pyridine rings is 1. The smallest absolute Gasteiger partial charge is 0.417 e. The highest BCUT2D eigenvalue weighted by atomic mass is 35.5. The van der Waals surface area contributed by atoms with Crippen molar-refractivity contribution in [3.63, 3.8) is 0 Å². The predicted octanol–water partition coefficient (Wildman–Crippen LogP) is 5.03. The van der Waals surface area contributed by atoms with Gasteiger partial charge in [0.25, 0.3) is 0 Å². The first kappa shape index (κ1) is 18.1. The highest BCUT2D eigenvalue weighted by Gasteiger charge is 2.36. The number of ether oxygens (including phenoxy) is 1. The fraction of sp³-hybridized carbons (Fsp3) is 0.118. The van der Waals surface area contributed by atoms with E-state index < -0.39 is 34.0 Å². The Morgan fingerprint density at radius 3 is 2.42 bits per heavy atom. The number of aromatic nitrogens is 3. The summed E-state index contributed by atoms with van der Waals surface area (Å²) in [4.78, 5) is 11.9. The molecule has 0 saturated carbocycles. The lowest BCUT2D eigenvalue weighted by molar-refractivity contribution is -0.137. The molecule has 3 aromatic rings. The van der Waals surface area contributed by atoms with E-state index in [9.17, 15) is 17.6 Å². The molecule has 0 radical (unpaired) electrons. The summed E-state index contributed by atoms with van der Waals surface area (Å²) < 4.78 is 59.1. The van der Waals surface area contributed by atoms with Gasteiger partial charge < -0.3 is 4.74 Å². The third-order valence-corrected chi connectivity index (χ3v) is 3.81. The van der Waals surface area contributed by atoms with Crippen LogP contribution in [-0.2, 0) is 6.18 Å². The van der Waals surface area contributed by atoms with Gasteiger partial charge in [-0.1, -0.05) is 11.6 Å². The molecule has 0 N–H and O–H groups in total. The lowest BCUT2D eigenvalue weighted by atomic mass is 10.1. The van der Waals surface area contributed by atoms with Crippen LogP contribution in [0.1, 0.15) is 5.56 Å². The molecular weight excluding hydrogens is 374 g/mol. The van der Waals surface area contributed by atoms with Crippen molar-refractivity contribution >= 4 is 11.6 Å². The van der Waals surface area contributed by atoms with E-state index in [4.69, 9.17) is 16.3 Å². The molecule has 2 aromatic heterocycles. The molecular formula is C17H10ClF4N3O. The molecule has 0 spiro atoms. The monoisotopic (exact) mass is 383 g/mol. The van der Waals surface area contributed by atoms with Crippen LogP contribution in [0.25, 0.3) is 22.6 Å². The van der Waals surface area contributed by atoms with Gasteiger partial charge in [-0.25, -0.2) is 19.3 Å². The van der Waals surface area contributed by atoms with E-state index in [0.717, 1.165) is 6.07 Å². The van der Waals surface area contributed by atoms with Crippen LogP contribution in [0.2, 0.25) is 5.02 Å². The van der Waals surface area contributed by atoms with Gasteiger partial charge in [-0.3, -0.25) is 0 Å². The normalized spacial score (nSPS) is 11.5. The summed E-state index contributed by atoms with van der Waals surface area (Å²) in [6, 6.07) is 6.21. The van der Waals surface area contributed by atoms with E-state index in [1.807, 2.05) is 0 Å². The Balaban J connectivity index is 2.15. The summed E-state index contributed by atoms with van der Waals surface area (Å²) in [5, 5.41) is -0.451. The van der Waals surface area contributed by atoms with E-state index in [1.165, 1.54) is 25.6 Å². The minimum absolute atomic E-state index is 0.276. The standard InChI is InChI=1S/C17H10ClF4N3O/c1-26-13-5-2-9(8-24-13)12-6-7-23-16(25-12)14-10(17(20,21)22)3-4-11(18)15(14)19/h2-8H,1H3. The average molecular weight is 384 g/mol. The van der Waals surface area contributed by atoms with Gasteiger partial charge in [0.1, 0.15) is 0 Å². The summed E-state index contributed by atoms with van der Waals surface area (Å²) in [6.07, 6.45) is -2.12. The highest BCUT2D eigenvalue weighted by Crippen LogP contribution is 2.39. The van der Waals surface area contributed by atoms with Gasteiger partial charge in [0.05, 0.1) is 29.0 Å². The third kappa shape index (κ3) is 3.45. The van der Waals surface area contributed by atoms with Gasteiger partial charge in [-0.2, -0.15) is 13.2 Å². The molecule has 4 nitrogen and oxygen atoms in total. The molecule has 9 heteroatoms. The molecule has 2 heterocycles. The molecule has 3 rings (SSSR count). The zero-order valence-electron chi connectivity index (χ0n) is 13.2. The number of nitrogens with zero attached hydrogens (tertiary/aromatic N) is 3. The number of halogens is 5. The van der Waals surface area contributed by atoms with Crippen molar-refractivity contribution in [2.75, 3.05) is 7.11 Å². The molecule has 0 saturated heterocycles. The van der Waals surface area contributed by atoms with Crippen molar-refractivity contribution in [2.45, 2.75) is 6.18 Å².